The van der Waals surface area contributed by atoms with Crippen LogP contribution < -0.4 is 16.4 Å². The van der Waals surface area contributed by atoms with Crippen LogP contribution >= 0.6 is 0 Å². The molecule has 33 heavy (non-hydrogen) atoms. The van der Waals surface area contributed by atoms with Crippen LogP contribution in [0.1, 0.15) is 30.1 Å². The van der Waals surface area contributed by atoms with Crippen LogP contribution in [0.5, 0.6) is 0 Å². The van der Waals surface area contributed by atoms with Gasteiger partial charge in [0.25, 0.3) is 5.91 Å². The second-order valence-corrected chi connectivity index (χ2v) is 8.06. The Morgan fingerprint density at radius 3 is 2.42 bits per heavy atom. The fraction of sp³-hybridized carbons (Fsp3) is 0.192. The first kappa shape index (κ1) is 22.1. The van der Waals surface area contributed by atoms with Crippen molar-refractivity contribution in [3.05, 3.63) is 84.6 Å². The highest BCUT2D eigenvalue weighted by atomic mass is 16.2. The summed E-state index contributed by atoms with van der Waals surface area (Å²) in [7, 11) is 0. The number of amides is 2. The number of carbonyl (C=O) groups is 2. The van der Waals surface area contributed by atoms with E-state index in [2.05, 4.69) is 22.2 Å². The zero-order valence-electron chi connectivity index (χ0n) is 18.5. The average Bonchev–Trinajstić information content (AvgIpc) is 3.26. The number of pyridine rings is 1. The largest absolute Gasteiger partial charge is 0.396 e. The Labute approximate surface area is 193 Å². The Bertz CT molecular complexity index is 1180. The maximum absolute atomic E-state index is 12.8. The molecule has 2 heterocycles. The van der Waals surface area contributed by atoms with E-state index >= 15 is 0 Å². The molecule has 1 aliphatic rings. The van der Waals surface area contributed by atoms with Crippen LogP contribution in [0.4, 0.5) is 17.2 Å². The number of likely N-dealkylation sites (tertiary alicyclic amines) is 1. The molecular formula is C26H27N5O2. The number of aromatic nitrogens is 1. The third-order valence-corrected chi connectivity index (χ3v) is 5.76. The smallest absolute Gasteiger partial charge is 0.256 e. The van der Waals surface area contributed by atoms with Gasteiger partial charge < -0.3 is 21.3 Å². The van der Waals surface area contributed by atoms with Crippen molar-refractivity contribution in [3.63, 3.8) is 0 Å². The van der Waals surface area contributed by atoms with Gasteiger partial charge in [0.05, 0.1) is 11.4 Å². The number of hydrogen-bond acceptors (Lipinski definition) is 5. The van der Waals surface area contributed by atoms with Crippen LogP contribution in [-0.2, 0) is 4.79 Å². The molecule has 7 nitrogen and oxygen atoms in total. The van der Waals surface area contributed by atoms with Crippen LogP contribution in [0.2, 0.25) is 0 Å². The van der Waals surface area contributed by atoms with Gasteiger partial charge in [-0.3, -0.25) is 9.59 Å². The Hall–Kier alpha value is -4.13. The van der Waals surface area contributed by atoms with Crippen molar-refractivity contribution >= 4 is 29.0 Å². The molecule has 1 atom stereocenters. The molecule has 4 N–H and O–H groups in total. The van der Waals surface area contributed by atoms with Crippen LogP contribution in [0.15, 0.2) is 79.0 Å². The highest BCUT2D eigenvalue weighted by Crippen LogP contribution is 2.24. The van der Waals surface area contributed by atoms with Gasteiger partial charge in [0, 0.05) is 29.1 Å². The highest BCUT2D eigenvalue weighted by Gasteiger charge is 2.25. The average molecular weight is 442 g/mol. The number of benzene rings is 2. The van der Waals surface area contributed by atoms with E-state index in [9.17, 15) is 9.59 Å². The summed E-state index contributed by atoms with van der Waals surface area (Å²) in [6, 6.07) is 19.6. The topological polar surface area (TPSA) is 100 Å². The van der Waals surface area contributed by atoms with E-state index < -0.39 is 0 Å². The van der Waals surface area contributed by atoms with Gasteiger partial charge in [-0.2, -0.15) is 0 Å². The number of nitrogens with one attached hydrogen (secondary N) is 2. The summed E-state index contributed by atoms with van der Waals surface area (Å²) < 4.78 is 0. The maximum atomic E-state index is 12.8. The summed E-state index contributed by atoms with van der Waals surface area (Å²) in [5.74, 6) is -0.137. The van der Waals surface area contributed by atoms with E-state index in [0.29, 0.717) is 28.5 Å². The highest BCUT2D eigenvalue weighted by molar-refractivity contribution is 6.05. The van der Waals surface area contributed by atoms with Gasteiger partial charge in [0.1, 0.15) is 6.04 Å². The summed E-state index contributed by atoms with van der Waals surface area (Å²) in [5.41, 5.74) is 10.1. The van der Waals surface area contributed by atoms with Gasteiger partial charge in [0.15, 0.2) is 5.82 Å². The minimum Gasteiger partial charge on any atom is -0.396 e. The molecule has 2 amide bonds. The molecule has 2 aromatic carbocycles. The van der Waals surface area contributed by atoms with Crippen LogP contribution in [0.3, 0.4) is 0 Å². The zero-order valence-corrected chi connectivity index (χ0v) is 18.5. The molecule has 4 rings (SSSR count). The number of nitrogens with zero attached hydrogens (tertiary/aromatic N) is 2. The third-order valence-electron chi connectivity index (χ3n) is 5.76. The lowest BCUT2D eigenvalue weighted by molar-refractivity contribution is -0.119. The van der Waals surface area contributed by atoms with Crippen molar-refractivity contribution in [2.45, 2.75) is 25.8 Å². The second-order valence-electron chi connectivity index (χ2n) is 8.06. The van der Waals surface area contributed by atoms with Crippen LogP contribution in [-0.4, -0.2) is 34.3 Å². The fourth-order valence-corrected chi connectivity index (χ4v) is 3.84. The fourth-order valence-electron chi connectivity index (χ4n) is 3.84. The number of anilines is 3. The van der Waals surface area contributed by atoms with Gasteiger partial charge in [-0.1, -0.05) is 36.9 Å². The molecule has 0 spiro atoms. The summed E-state index contributed by atoms with van der Waals surface area (Å²) in [6.07, 6.45) is 1.95. The number of nitrogens with two attached hydrogens (primary N) is 1. The predicted molar refractivity (Wildman–Crippen MR) is 132 cm³/mol. The Morgan fingerprint density at radius 2 is 1.76 bits per heavy atom. The molecule has 0 radical (unpaired) electrons. The molecule has 1 aliphatic heterocycles. The van der Waals surface area contributed by atoms with Gasteiger partial charge >= 0.3 is 0 Å². The number of nitrogen functional groups attached to an aromatic ring is 1. The zero-order chi connectivity index (χ0) is 23.4. The number of hydrogen-bond donors (Lipinski definition) is 3. The van der Waals surface area contributed by atoms with Crippen LogP contribution in [0.25, 0.3) is 11.3 Å². The van der Waals surface area contributed by atoms with Crippen molar-refractivity contribution in [3.8, 4) is 11.3 Å². The van der Waals surface area contributed by atoms with E-state index in [1.165, 1.54) is 0 Å². The van der Waals surface area contributed by atoms with E-state index in [0.717, 1.165) is 30.6 Å². The molecule has 0 aliphatic carbocycles. The monoisotopic (exact) mass is 441 g/mol. The molecule has 0 saturated carbocycles. The minimum absolute atomic E-state index is 0.107. The van der Waals surface area contributed by atoms with Crippen molar-refractivity contribution in [2.24, 2.45) is 0 Å². The summed E-state index contributed by atoms with van der Waals surface area (Å²) in [5, 5.41) is 5.68. The molecule has 0 bridgehead atoms. The molecule has 1 unspecified atom stereocenters. The normalized spacial score (nSPS) is 14.1. The van der Waals surface area contributed by atoms with Crippen molar-refractivity contribution < 1.29 is 9.59 Å². The number of rotatable bonds is 6. The van der Waals surface area contributed by atoms with Crippen molar-refractivity contribution in [2.75, 3.05) is 22.9 Å². The first-order valence-corrected chi connectivity index (χ1v) is 10.9. The van der Waals surface area contributed by atoms with E-state index in [1.54, 1.807) is 30.3 Å². The molecule has 3 aromatic rings. The summed E-state index contributed by atoms with van der Waals surface area (Å²) in [4.78, 5) is 31.9. The lowest BCUT2D eigenvalue weighted by atomic mass is 10.1. The standard InChI is InChI=1S/C26H27N5O2/c1-17-7-6-16-31(17)18(2)25(32)28-21-12-10-20(11-13-21)26(33)30-24-22(27)14-15-23(29-24)19-8-4-3-5-9-19/h3-5,8-15,18H,1,6-7,16,27H2,2H3,(H,28,32)(H,29,30,33). The van der Waals surface area contributed by atoms with Crippen LogP contribution in [0, 0.1) is 0 Å². The number of carbonyl (C=O) groups excluding carboxylic acids is 2. The minimum atomic E-state index is -0.334. The molecule has 168 valence electrons. The van der Waals surface area contributed by atoms with Gasteiger partial charge in [-0.15, -0.1) is 0 Å². The van der Waals surface area contributed by atoms with Crippen molar-refractivity contribution in [1.29, 1.82) is 0 Å². The Balaban J connectivity index is 1.41. The molecule has 1 fully saturated rings. The lowest BCUT2D eigenvalue weighted by Gasteiger charge is -2.26. The first-order valence-electron chi connectivity index (χ1n) is 10.9. The quantitative estimate of drug-likeness (QED) is 0.522. The lowest BCUT2D eigenvalue weighted by Crippen LogP contribution is -2.39. The molecule has 7 heteroatoms. The van der Waals surface area contributed by atoms with Crippen molar-refractivity contribution in [1.82, 2.24) is 9.88 Å². The molecule has 1 saturated heterocycles. The summed E-state index contributed by atoms with van der Waals surface area (Å²) in [6.45, 7) is 6.74. The third kappa shape index (κ3) is 5.03. The van der Waals surface area contributed by atoms with Gasteiger partial charge in [-0.25, -0.2) is 4.98 Å². The maximum Gasteiger partial charge on any atom is 0.256 e. The Kier molecular flexibility index (Phi) is 6.40. The van der Waals surface area contributed by atoms with Gasteiger partial charge in [0.2, 0.25) is 5.91 Å². The predicted octanol–water partition coefficient (Wildman–Crippen LogP) is 4.52. The molecule has 1 aromatic heterocycles. The SMILES string of the molecule is C=C1CCCN1C(C)C(=O)Nc1ccc(C(=O)Nc2nc(-c3ccccc3)ccc2N)cc1. The first-order chi connectivity index (χ1) is 15.9. The van der Waals surface area contributed by atoms with E-state index in [1.807, 2.05) is 48.2 Å². The second kappa shape index (κ2) is 9.56. The Morgan fingerprint density at radius 1 is 1.03 bits per heavy atom. The van der Waals surface area contributed by atoms with Gasteiger partial charge in [-0.05, 0) is 56.2 Å². The van der Waals surface area contributed by atoms with E-state index in [4.69, 9.17) is 5.73 Å². The number of allylic oxidation sites excluding steroid dienone is 1. The molecular weight excluding hydrogens is 414 g/mol. The van der Waals surface area contributed by atoms with E-state index in [-0.39, 0.29) is 17.9 Å². The summed E-state index contributed by atoms with van der Waals surface area (Å²) >= 11 is 0.